The van der Waals surface area contributed by atoms with Crippen molar-refractivity contribution in [2.45, 2.75) is 45.3 Å². The summed E-state index contributed by atoms with van der Waals surface area (Å²) in [7, 11) is 0. The lowest BCUT2D eigenvalue weighted by Gasteiger charge is -2.09. The number of carbonyl (C=O) groups excluding carboxylic acids is 1. The lowest BCUT2D eigenvalue weighted by molar-refractivity contribution is 0.0102. The molecule has 0 fully saturated rings. The summed E-state index contributed by atoms with van der Waals surface area (Å²) in [5.74, 6) is -2.64. The fourth-order valence-electron chi connectivity index (χ4n) is 2.19. The molecule has 0 saturated carbocycles. The fraction of sp³-hybridized carbons (Fsp3) is 0.412. The smallest absolute Gasteiger partial charge is 0.412 e. The molecule has 0 unspecified atom stereocenters. The maximum absolute atomic E-state index is 12.7. The molecule has 5 nitrogen and oxygen atoms in total. The highest BCUT2D eigenvalue weighted by molar-refractivity contribution is 6.30. The molecule has 8 heteroatoms. The zero-order valence-electron chi connectivity index (χ0n) is 13.8. The van der Waals surface area contributed by atoms with Gasteiger partial charge in [-0.25, -0.2) is 13.6 Å². The predicted molar refractivity (Wildman–Crippen MR) is 92.0 cm³/mol. The van der Waals surface area contributed by atoms with Crippen LogP contribution in [0.2, 0.25) is 5.02 Å². The first-order valence-electron chi connectivity index (χ1n) is 7.90. The summed E-state index contributed by atoms with van der Waals surface area (Å²) in [5, 5.41) is 7.21. The number of aromatic nitrogens is 2. The largest absolute Gasteiger partial charge is 0.444 e. The molecule has 0 radical (unpaired) electrons. The number of hydrogen-bond acceptors (Lipinski definition) is 3. The molecular weight excluding hydrogens is 352 g/mol. The van der Waals surface area contributed by atoms with E-state index < -0.39 is 12.0 Å². The van der Waals surface area contributed by atoms with Gasteiger partial charge in [-0.05, 0) is 37.5 Å². The second-order valence-corrected chi connectivity index (χ2v) is 6.29. The Morgan fingerprint density at radius 2 is 2.20 bits per heavy atom. The zero-order valence-corrected chi connectivity index (χ0v) is 14.6. The Morgan fingerprint density at radius 3 is 2.92 bits per heavy atom. The van der Waals surface area contributed by atoms with Crippen molar-refractivity contribution in [3.8, 4) is 0 Å². The average molecular weight is 372 g/mol. The summed E-state index contributed by atoms with van der Waals surface area (Å²) in [5.41, 5.74) is 1.27. The molecule has 0 spiro atoms. The van der Waals surface area contributed by atoms with Gasteiger partial charge in [0.25, 0.3) is 0 Å². The van der Waals surface area contributed by atoms with Gasteiger partial charge in [-0.2, -0.15) is 5.10 Å². The van der Waals surface area contributed by atoms with Crippen LogP contribution in [0.25, 0.3) is 0 Å². The van der Waals surface area contributed by atoms with E-state index in [0.717, 1.165) is 12.5 Å². The number of nitrogens with one attached hydrogen (secondary N) is 1. The number of benzene rings is 1. The minimum Gasteiger partial charge on any atom is -0.444 e. The monoisotopic (exact) mass is 371 g/mol. The molecule has 0 aliphatic carbocycles. The van der Waals surface area contributed by atoms with Crippen molar-refractivity contribution >= 4 is 23.4 Å². The number of alkyl halides is 2. The van der Waals surface area contributed by atoms with Gasteiger partial charge in [0, 0.05) is 24.2 Å². The molecule has 2 rings (SSSR count). The second kappa shape index (κ2) is 8.80. The highest BCUT2D eigenvalue weighted by Gasteiger charge is 2.19. The molecule has 0 aliphatic rings. The summed E-state index contributed by atoms with van der Waals surface area (Å²) in [6.07, 6.45) is 3.36. The van der Waals surface area contributed by atoms with E-state index in [1.165, 1.54) is 6.20 Å². The van der Waals surface area contributed by atoms with Gasteiger partial charge in [0.15, 0.2) is 0 Å². The van der Waals surface area contributed by atoms with Crippen molar-refractivity contribution in [1.29, 1.82) is 0 Å². The number of rotatable bonds is 8. The zero-order chi connectivity index (χ0) is 18.3. The van der Waals surface area contributed by atoms with E-state index in [1.807, 2.05) is 0 Å². The normalized spacial score (nSPS) is 11.4. The van der Waals surface area contributed by atoms with E-state index in [9.17, 15) is 13.6 Å². The molecule has 1 aromatic heterocycles. The van der Waals surface area contributed by atoms with Crippen LogP contribution in [-0.2, 0) is 17.9 Å². The number of aryl methyl sites for hydroxylation is 1. The predicted octanol–water partition coefficient (Wildman–Crippen LogP) is 5.11. The van der Waals surface area contributed by atoms with Crippen LogP contribution in [0, 0.1) is 0 Å². The third kappa shape index (κ3) is 7.51. The van der Waals surface area contributed by atoms with Gasteiger partial charge in [0.2, 0.25) is 5.92 Å². The molecule has 0 bridgehead atoms. The van der Waals surface area contributed by atoms with Crippen LogP contribution in [0.15, 0.2) is 36.7 Å². The van der Waals surface area contributed by atoms with E-state index in [2.05, 4.69) is 10.4 Å². The Morgan fingerprint density at radius 1 is 1.40 bits per heavy atom. The molecule has 1 N–H and O–H groups in total. The highest BCUT2D eigenvalue weighted by Crippen LogP contribution is 2.20. The Labute approximate surface area is 149 Å². The van der Waals surface area contributed by atoms with Gasteiger partial charge >= 0.3 is 6.09 Å². The number of anilines is 1. The van der Waals surface area contributed by atoms with Crippen LogP contribution >= 0.6 is 11.6 Å². The van der Waals surface area contributed by atoms with E-state index in [-0.39, 0.29) is 13.0 Å². The number of unbranched alkanes of at least 4 members (excludes halogenated alkanes) is 1. The first kappa shape index (κ1) is 19.2. The number of carbonyl (C=O) groups is 1. The Bertz CT molecular complexity index is 701. The van der Waals surface area contributed by atoms with E-state index in [4.69, 9.17) is 16.3 Å². The molecule has 1 heterocycles. The summed E-state index contributed by atoms with van der Waals surface area (Å²) in [6, 6.07) is 7.03. The topological polar surface area (TPSA) is 56.2 Å². The van der Waals surface area contributed by atoms with Crippen molar-refractivity contribution in [3.63, 3.8) is 0 Å². The quantitative estimate of drug-likeness (QED) is 0.656. The number of ether oxygens (including phenoxy) is 1. The van der Waals surface area contributed by atoms with Crippen LogP contribution in [0.3, 0.4) is 0 Å². The molecule has 2 aromatic rings. The van der Waals surface area contributed by atoms with Gasteiger partial charge < -0.3 is 4.74 Å². The van der Waals surface area contributed by atoms with Gasteiger partial charge in [0.05, 0.1) is 11.9 Å². The van der Waals surface area contributed by atoms with Crippen molar-refractivity contribution in [1.82, 2.24) is 9.78 Å². The van der Waals surface area contributed by atoms with Gasteiger partial charge in [-0.15, -0.1) is 0 Å². The minimum atomic E-state index is -2.64. The fourth-order valence-corrected chi connectivity index (χ4v) is 2.40. The third-order valence-electron chi connectivity index (χ3n) is 3.39. The molecule has 1 aromatic carbocycles. The first-order valence-corrected chi connectivity index (χ1v) is 8.28. The summed E-state index contributed by atoms with van der Waals surface area (Å²) in [4.78, 5) is 11.8. The molecule has 1 amide bonds. The van der Waals surface area contributed by atoms with Crippen LogP contribution in [0.5, 0.6) is 0 Å². The standard InChI is InChI=1S/C17H20ClF2N3O2/c1-17(19,20)7-2-3-8-23-11-15(10-21-23)22-16(24)25-12-13-5-4-6-14(18)9-13/h4-6,9-11H,2-3,7-8,12H2,1H3,(H,22,24). The molecule has 0 aliphatic heterocycles. The van der Waals surface area contributed by atoms with Crippen molar-refractivity contribution in [3.05, 3.63) is 47.2 Å². The maximum Gasteiger partial charge on any atom is 0.412 e. The average Bonchev–Trinajstić information content (AvgIpc) is 2.96. The van der Waals surface area contributed by atoms with Crippen LogP contribution in [-0.4, -0.2) is 21.8 Å². The summed E-state index contributed by atoms with van der Waals surface area (Å²) in [6.45, 7) is 1.53. The van der Waals surface area contributed by atoms with E-state index in [1.54, 1.807) is 35.1 Å². The Hall–Kier alpha value is -2.15. The minimum absolute atomic E-state index is 0.103. The number of halogens is 3. The Balaban J connectivity index is 1.72. The lowest BCUT2D eigenvalue weighted by Crippen LogP contribution is -2.13. The number of nitrogens with zero attached hydrogens (tertiary/aromatic N) is 2. The van der Waals surface area contributed by atoms with Crippen molar-refractivity contribution in [2.24, 2.45) is 0 Å². The first-order chi connectivity index (χ1) is 11.8. The summed E-state index contributed by atoms with van der Waals surface area (Å²) < 4.78 is 32.1. The molecular formula is C17H20ClF2N3O2. The van der Waals surface area contributed by atoms with Crippen molar-refractivity contribution in [2.75, 3.05) is 5.32 Å². The molecule has 0 atom stereocenters. The Kier molecular flexibility index (Phi) is 6.75. The number of amides is 1. The van der Waals surface area contributed by atoms with Gasteiger partial charge in [0.1, 0.15) is 6.61 Å². The molecule has 25 heavy (non-hydrogen) atoms. The van der Waals surface area contributed by atoms with Crippen LogP contribution in [0.4, 0.5) is 19.3 Å². The van der Waals surface area contributed by atoms with Crippen LogP contribution < -0.4 is 5.32 Å². The maximum atomic E-state index is 12.7. The number of hydrogen-bond donors (Lipinski definition) is 1. The third-order valence-corrected chi connectivity index (χ3v) is 3.63. The van der Waals surface area contributed by atoms with Crippen molar-refractivity contribution < 1.29 is 18.3 Å². The SMILES string of the molecule is CC(F)(F)CCCCn1cc(NC(=O)OCc2cccc(Cl)c2)cn1. The van der Waals surface area contributed by atoms with Gasteiger partial charge in [-0.1, -0.05) is 23.7 Å². The molecule has 0 saturated heterocycles. The molecule has 136 valence electrons. The second-order valence-electron chi connectivity index (χ2n) is 5.85. The van der Waals surface area contributed by atoms with E-state index >= 15 is 0 Å². The van der Waals surface area contributed by atoms with Gasteiger partial charge in [-0.3, -0.25) is 10.00 Å². The van der Waals surface area contributed by atoms with Crippen LogP contribution in [0.1, 0.15) is 31.7 Å². The summed E-state index contributed by atoms with van der Waals surface area (Å²) >= 11 is 5.86. The van der Waals surface area contributed by atoms with E-state index in [0.29, 0.717) is 30.1 Å². The lowest BCUT2D eigenvalue weighted by atomic mass is 10.1. The highest BCUT2D eigenvalue weighted by atomic mass is 35.5.